The summed E-state index contributed by atoms with van der Waals surface area (Å²) in [5, 5.41) is 0.154. The van der Waals surface area contributed by atoms with Gasteiger partial charge in [0.1, 0.15) is 16.5 Å². The zero-order valence-corrected chi connectivity index (χ0v) is 17.3. The van der Waals surface area contributed by atoms with Crippen LogP contribution in [0.4, 0.5) is 4.39 Å². The van der Waals surface area contributed by atoms with E-state index in [0.717, 1.165) is 43.3 Å². The Bertz CT molecular complexity index is 900. The molecule has 0 aliphatic carbocycles. The Balaban J connectivity index is 1.82. The third kappa shape index (κ3) is 5.03. The molecule has 0 aromatic heterocycles. The minimum atomic E-state index is -4.00. The largest absolute Gasteiger partial charge is 0.497 e. The van der Waals surface area contributed by atoms with Crippen LogP contribution in [0.1, 0.15) is 30.9 Å². The van der Waals surface area contributed by atoms with Gasteiger partial charge in [0.2, 0.25) is 10.0 Å². The summed E-state index contributed by atoms with van der Waals surface area (Å²) in [4.78, 5) is 1.87. The van der Waals surface area contributed by atoms with Crippen LogP contribution in [0.3, 0.4) is 0 Å². The Morgan fingerprint density at radius 3 is 2.43 bits per heavy atom. The number of halogens is 2. The highest BCUT2D eigenvalue weighted by Crippen LogP contribution is 2.27. The van der Waals surface area contributed by atoms with E-state index >= 15 is 0 Å². The molecule has 2 aromatic carbocycles. The molecule has 0 spiro atoms. The molecule has 1 aliphatic rings. The fraction of sp³-hybridized carbons (Fsp3) is 0.400. The molecule has 1 saturated heterocycles. The summed E-state index contributed by atoms with van der Waals surface area (Å²) in [6, 6.07) is 11.0. The minimum absolute atomic E-state index is 0.142. The lowest BCUT2D eigenvalue weighted by atomic mass is 10.0. The zero-order valence-electron chi connectivity index (χ0n) is 15.7. The molecular weight excluding hydrogens is 403 g/mol. The maximum Gasteiger partial charge on any atom is 0.243 e. The van der Waals surface area contributed by atoms with Crippen LogP contribution in [0.25, 0.3) is 0 Å². The van der Waals surface area contributed by atoms with Gasteiger partial charge < -0.3 is 4.74 Å². The van der Waals surface area contributed by atoms with Gasteiger partial charge in [-0.1, -0.05) is 30.2 Å². The summed E-state index contributed by atoms with van der Waals surface area (Å²) in [5.41, 5.74) is 0.988. The molecule has 28 heavy (non-hydrogen) atoms. The van der Waals surface area contributed by atoms with Crippen molar-refractivity contribution in [1.82, 2.24) is 9.62 Å². The first-order valence-corrected chi connectivity index (χ1v) is 11.1. The highest BCUT2D eigenvalue weighted by atomic mass is 35.5. The number of hydrogen-bond donors (Lipinski definition) is 1. The molecule has 0 saturated carbocycles. The third-order valence-electron chi connectivity index (χ3n) is 4.98. The Hall–Kier alpha value is -1.67. The lowest BCUT2D eigenvalue weighted by molar-refractivity contribution is 0.164. The maximum absolute atomic E-state index is 14.1. The monoisotopic (exact) mass is 426 g/mol. The summed E-state index contributed by atoms with van der Waals surface area (Å²) >= 11 is 5.73. The van der Waals surface area contributed by atoms with E-state index in [2.05, 4.69) is 9.62 Å². The number of methoxy groups -OCH3 is 1. The second-order valence-electron chi connectivity index (χ2n) is 6.81. The Morgan fingerprint density at radius 2 is 1.82 bits per heavy atom. The first kappa shape index (κ1) is 21.0. The van der Waals surface area contributed by atoms with Crippen LogP contribution in [-0.4, -0.2) is 40.1 Å². The molecule has 5 nitrogen and oxygen atoms in total. The van der Waals surface area contributed by atoms with Crippen LogP contribution < -0.4 is 9.46 Å². The number of sulfonamides is 1. The molecule has 1 aliphatic heterocycles. The summed E-state index contributed by atoms with van der Waals surface area (Å²) in [5.74, 6) is -0.121. The minimum Gasteiger partial charge on any atom is -0.497 e. The van der Waals surface area contributed by atoms with Crippen molar-refractivity contribution in [1.29, 1.82) is 0 Å². The number of hydrogen-bond acceptors (Lipinski definition) is 4. The summed E-state index contributed by atoms with van der Waals surface area (Å²) < 4.78 is 47.2. The van der Waals surface area contributed by atoms with Crippen LogP contribution in [0.5, 0.6) is 5.75 Å². The summed E-state index contributed by atoms with van der Waals surface area (Å²) in [6.07, 6.45) is 3.32. The predicted octanol–water partition coefficient (Wildman–Crippen LogP) is 3.99. The second-order valence-corrected chi connectivity index (χ2v) is 8.98. The van der Waals surface area contributed by atoms with E-state index in [1.54, 1.807) is 7.11 Å². The first-order valence-electron chi connectivity index (χ1n) is 9.23. The van der Waals surface area contributed by atoms with Gasteiger partial charge in [-0.2, -0.15) is 0 Å². The second kappa shape index (κ2) is 9.22. The molecule has 1 heterocycles. The summed E-state index contributed by atoms with van der Waals surface area (Å²) in [7, 11) is -2.39. The molecule has 0 amide bonds. The van der Waals surface area contributed by atoms with E-state index in [1.807, 2.05) is 24.3 Å². The number of rotatable bonds is 7. The van der Waals surface area contributed by atoms with Crippen molar-refractivity contribution in [3.05, 3.63) is 58.9 Å². The van der Waals surface area contributed by atoms with Gasteiger partial charge >= 0.3 is 0 Å². The van der Waals surface area contributed by atoms with E-state index < -0.39 is 20.7 Å². The number of ether oxygens (including phenoxy) is 1. The molecule has 1 fully saturated rings. The Labute approximate surface area is 170 Å². The van der Waals surface area contributed by atoms with Gasteiger partial charge in [0.05, 0.1) is 7.11 Å². The van der Waals surface area contributed by atoms with Crippen molar-refractivity contribution < 1.29 is 17.5 Å². The highest BCUT2D eigenvalue weighted by Gasteiger charge is 2.26. The Kier molecular flexibility index (Phi) is 6.93. The highest BCUT2D eigenvalue weighted by molar-refractivity contribution is 7.89. The molecule has 1 atom stereocenters. The molecule has 0 radical (unpaired) electrons. The smallest absolute Gasteiger partial charge is 0.243 e. The van der Waals surface area contributed by atoms with E-state index in [4.69, 9.17) is 16.3 Å². The van der Waals surface area contributed by atoms with Gasteiger partial charge in [-0.05, 0) is 61.8 Å². The van der Waals surface area contributed by atoms with E-state index in [9.17, 15) is 12.8 Å². The van der Waals surface area contributed by atoms with E-state index in [1.165, 1.54) is 18.6 Å². The SMILES string of the molecule is COc1ccc(C(CNS(=O)(=O)c2ccc(Cl)cc2F)N2CCCCC2)cc1. The van der Waals surface area contributed by atoms with Gasteiger partial charge in [-0.25, -0.2) is 17.5 Å². The first-order chi connectivity index (χ1) is 13.4. The van der Waals surface area contributed by atoms with Crippen LogP contribution in [0.15, 0.2) is 47.4 Å². The van der Waals surface area contributed by atoms with Gasteiger partial charge in [-0.3, -0.25) is 4.90 Å². The quantitative estimate of drug-likeness (QED) is 0.727. The van der Waals surface area contributed by atoms with Crippen molar-refractivity contribution in [2.75, 3.05) is 26.7 Å². The predicted molar refractivity (Wildman–Crippen MR) is 108 cm³/mol. The molecule has 2 aromatic rings. The van der Waals surface area contributed by atoms with Crippen LogP contribution in [0.2, 0.25) is 5.02 Å². The molecule has 1 unspecified atom stereocenters. The van der Waals surface area contributed by atoms with Crippen molar-refractivity contribution >= 4 is 21.6 Å². The molecular formula is C20H24ClFN2O3S. The number of nitrogens with zero attached hydrogens (tertiary/aromatic N) is 1. The van der Waals surface area contributed by atoms with Crippen molar-refractivity contribution in [3.8, 4) is 5.75 Å². The average Bonchev–Trinajstić information content (AvgIpc) is 2.69. The van der Waals surface area contributed by atoms with E-state index in [0.29, 0.717) is 0 Å². The molecule has 0 bridgehead atoms. The van der Waals surface area contributed by atoms with Crippen LogP contribution >= 0.6 is 11.6 Å². The van der Waals surface area contributed by atoms with E-state index in [-0.39, 0.29) is 17.6 Å². The third-order valence-corrected chi connectivity index (χ3v) is 6.67. The Morgan fingerprint density at radius 1 is 1.14 bits per heavy atom. The standard InChI is InChI=1S/C20H24ClFN2O3S/c1-27-17-8-5-15(6-9-17)19(24-11-3-2-4-12-24)14-23-28(25,26)20-10-7-16(21)13-18(20)22/h5-10,13,19,23H,2-4,11-12,14H2,1H3. The topological polar surface area (TPSA) is 58.6 Å². The van der Waals surface area contributed by atoms with Crippen LogP contribution in [-0.2, 0) is 10.0 Å². The van der Waals surface area contributed by atoms with Gasteiger partial charge in [-0.15, -0.1) is 0 Å². The van der Waals surface area contributed by atoms with Gasteiger partial charge in [0.25, 0.3) is 0 Å². The molecule has 152 valence electrons. The summed E-state index contributed by atoms with van der Waals surface area (Å²) in [6.45, 7) is 1.94. The normalized spacial score (nSPS) is 16.7. The maximum atomic E-state index is 14.1. The molecule has 3 rings (SSSR count). The van der Waals surface area contributed by atoms with Crippen molar-refractivity contribution in [2.45, 2.75) is 30.2 Å². The number of likely N-dealkylation sites (tertiary alicyclic amines) is 1. The van der Waals surface area contributed by atoms with Gasteiger partial charge in [0.15, 0.2) is 0 Å². The van der Waals surface area contributed by atoms with Crippen molar-refractivity contribution in [3.63, 3.8) is 0 Å². The fourth-order valence-electron chi connectivity index (χ4n) is 3.47. The number of piperidine rings is 1. The number of benzene rings is 2. The van der Waals surface area contributed by atoms with Crippen molar-refractivity contribution in [2.24, 2.45) is 0 Å². The number of nitrogens with one attached hydrogen (secondary N) is 1. The average molecular weight is 427 g/mol. The fourth-order valence-corrected chi connectivity index (χ4v) is 4.73. The molecule has 8 heteroatoms. The van der Waals surface area contributed by atoms with Crippen LogP contribution in [0, 0.1) is 5.82 Å². The lowest BCUT2D eigenvalue weighted by Gasteiger charge is -2.35. The molecule has 1 N–H and O–H groups in total. The van der Waals surface area contributed by atoms with Gasteiger partial charge in [0, 0.05) is 17.6 Å². The zero-order chi connectivity index (χ0) is 20.1. The lowest BCUT2D eigenvalue weighted by Crippen LogP contribution is -2.40.